The van der Waals surface area contributed by atoms with Gasteiger partial charge in [0.2, 0.25) is 31.7 Å². The van der Waals surface area contributed by atoms with E-state index < -0.39 is 51.8 Å². The molecule has 0 radical (unpaired) electrons. The summed E-state index contributed by atoms with van der Waals surface area (Å²) in [5, 5.41) is 0. The maximum absolute atomic E-state index is 14.2. The molecule has 29 unspecified atom stereocenters. The molecule has 3 aliphatic rings. The van der Waals surface area contributed by atoms with Gasteiger partial charge >= 0.3 is 46.7 Å². The first-order chi connectivity index (χ1) is 50.0. The number of fused-ring (bicyclic) bond motifs is 2. The monoisotopic (exact) mass is 1590 g/mol. The van der Waals surface area contributed by atoms with Gasteiger partial charge in [-0.05, 0) is 123 Å². The number of hydrogen-bond donors (Lipinski definition) is 2. The molecule has 0 aliphatic carbocycles. The number of rotatable bonds is 41. The lowest BCUT2D eigenvalue weighted by atomic mass is 9.67. The lowest BCUT2D eigenvalue weighted by Crippen LogP contribution is -2.48. The van der Waals surface area contributed by atoms with Crippen molar-refractivity contribution in [1.29, 1.82) is 0 Å². The van der Waals surface area contributed by atoms with Crippen molar-refractivity contribution in [1.82, 2.24) is 19.9 Å². The molecule has 27 heteroatoms. The van der Waals surface area contributed by atoms with Crippen molar-refractivity contribution in [2.75, 3.05) is 61.1 Å². The number of aryl methyl sites for hydroxylation is 2. The van der Waals surface area contributed by atoms with Crippen LogP contribution >= 0.6 is 22.8 Å². The normalized spacial score (nSPS) is 27.3. The highest BCUT2D eigenvalue weighted by Crippen LogP contribution is 2.60. The van der Waals surface area contributed by atoms with E-state index in [2.05, 4.69) is 196 Å². The van der Waals surface area contributed by atoms with Crippen LogP contribution in [-0.2, 0) is 69.3 Å². The zero-order chi connectivity index (χ0) is 80.6. The quantitative estimate of drug-likeness (QED) is 0.0237. The molecule has 6 N–H and O–H groups in total. The topological polar surface area (TPSA) is 287 Å². The molecule has 624 valence electrons. The number of methoxy groups -OCH3 is 3. The summed E-state index contributed by atoms with van der Waals surface area (Å²) in [6, 6.07) is 0. The van der Waals surface area contributed by atoms with Gasteiger partial charge in [0, 0.05) is 41.3 Å². The second-order valence-electron chi connectivity index (χ2n) is 33.7. The average Bonchev–Trinajstić information content (AvgIpc) is 1.52. The van der Waals surface area contributed by atoms with Crippen molar-refractivity contribution in [2.24, 2.45) is 88.8 Å². The lowest BCUT2D eigenvalue weighted by Gasteiger charge is -2.47. The molecule has 0 aromatic carbocycles. The van der Waals surface area contributed by atoms with Gasteiger partial charge in [0.1, 0.15) is 41.9 Å². The molecule has 3 fully saturated rings. The maximum atomic E-state index is 14.2. The minimum absolute atomic E-state index is 0. The first-order valence-corrected chi connectivity index (χ1v) is 46.6. The summed E-state index contributed by atoms with van der Waals surface area (Å²) >= 11 is 0. The second-order valence-corrected chi connectivity index (χ2v) is 39.5. The van der Waals surface area contributed by atoms with Gasteiger partial charge in [0.25, 0.3) is 11.0 Å². The Morgan fingerprint density at radius 1 is 0.481 bits per heavy atom. The standard InChI is InChI=1S/2C29H51N4O5P.C23H46O5P.H2O/c2*1-12-18(3)20(5)22(7)29(9,21(6)19(4)13-2)38-39(11,34)37-24-14-26(36-25(24)15-35-10)33-17-32-27-23(8)30-16-31-28(27)33;1-11-16(3)18(5)20(7)23(8,19(6)17(4)12-2)28-29(10,24)27-21-13-14-26-22(21)15-25-9;/h2*16-22,24-26H,12-15H2,1-11H3;14,16-22H,11-13,15H2,1-10H3;1H2/q;;+1;/p+4. The number of hydrogen-bond acceptors (Lipinski definition) is 17. The van der Waals surface area contributed by atoms with Gasteiger partial charge < -0.3 is 51.8 Å². The van der Waals surface area contributed by atoms with Crippen molar-refractivity contribution >= 4 is 45.1 Å². The van der Waals surface area contributed by atoms with Gasteiger partial charge in [-0.15, -0.1) is 9.13 Å². The summed E-state index contributed by atoms with van der Waals surface area (Å²) in [5.74, 6) is 5.39. The van der Waals surface area contributed by atoms with Crippen LogP contribution in [0.3, 0.4) is 0 Å². The van der Waals surface area contributed by atoms with E-state index in [1.807, 2.05) is 35.6 Å². The van der Waals surface area contributed by atoms with E-state index in [1.165, 1.54) is 0 Å². The van der Waals surface area contributed by atoms with Crippen LogP contribution in [0.25, 0.3) is 22.3 Å². The Hall–Kier alpha value is -2.86. The third-order valence-electron chi connectivity index (χ3n) is 27.3. The number of nitrogens with zero attached hydrogens (tertiary/aromatic N) is 4. The highest BCUT2D eigenvalue weighted by atomic mass is 31.2. The van der Waals surface area contributed by atoms with Gasteiger partial charge in [-0.2, -0.15) is 14.7 Å². The Balaban J connectivity index is 0.000000345. The number of aromatic nitrogens is 8. The van der Waals surface area contributed by atoms with Gasteiger partial charge in [-0.25, -0.2) is 19.9 Å². The minimum Gasteiger partial charge on any atom is -0.412 e. The predicted octanol–water partition coefficient (Wildman–Crippen LogP) is 17.5. The first kappa shape index (κ1) is 97.5. The Bertz CT molecular complexity index is 3290. The first-order valence-electron chi connectivity index (χ1n) is 40.7. The molecule has 3 aliphatic heterocycles. The fourth-order valence-electron chi connectivity index (χ4n) is 16.7. The molecule has 7 rings (SSSR count). The van der Waals surface area contributed by atoms with Crippen LogP contribution < -0.4 is 19.1 Å². The van der Waals surface area contributed by atoms with E-state index in [4.69, 9.17) is 55.6 Å². The number of H-pyrrole nitrogens is 4. The molecule has 0 bridgehead atoms. The molecule has 3 saturated heterocycles. The van der Waals surface area contributed by atoms with Crippen LogP contribution in [0.15, 0.2) is 25.3 Å². The summed E-state index contributed by atoms with van der Waals surface area (Å²) in [6.45, 7) is 65.2. The van der Waals surface area contributed by atoms with Crippen LogP contribution in [0.2, 0.25) is 0 Å². The molecule has 108 heavy (non-hydrogen) atoms. The number of aromatic amines is 4. The van der Waals surface area contributed by atoms with E-state index in [1.54, 1.807) is 60.6 Å². The molecule has 0 amide bonds. The summed E-state index contributed by atoms with van der Waals surface area (Å²) in [6.07, 6.45) is 12.3. The van der Waals surface area contributed by atoms with Crippen molar-refractivity contribution in [3.8, 4) is 0 Å². The summed E-state index contributed by atoms with van der Waals surface area (Å²) in [5.41, 5.74) is 3.57. The molecule has 4 aromatic heterocycles. The molecule has 29 atom stereocenters. The molecular formula is C81H154N8O16P3+5. The Kier molecular flexibility index (Phi) is 38.5. The number of ether oxygens (including phenoxy) is 6. The molecular weight excluding hydrogens is 1430 g/mol. The van der Waals surface area contributed by atoms with Gasteiger partial charge in [-0.1, -0.05) is 184 Å². The predicted molar refractivity (Wildman–Crippen MR) is 428 cm³/mol. The smallest absolute Gasteiger partial charge is 0.399 e. The molecule has 7 heterocycles. The van der Waals surface area contributed by atoms with Crippen LogP contribution in [0.1, 0.15) is 248 Å². The maximum Gasteiger partial charge on any atom is 0.399 e. The zero-order valence-corrected chi connectivity index (χ0v) is 75.6. The second kappa shape index (κ2) is 42.7. The van der Waals surface area contributed by atoms with Gasteiger partial charge in [0.15, 0.2) is 12.5 Å². The Morgan fingerprint density at radius 3 is 1.06 bits per heavy atom. The zero-order valence-electron chi connectivity index (χ0n) is 72.9. The van der Waals surface area contributed by atoms with Crippen molar-refractivity contribution in [3.63, 3.8) is 0 Å². The van der Waals surface area contributed by atoms with E-state index >= 15 is 0 Å². The van der Waals surface area contributed by atoms with Crippen LogP contribution in [-0.4, -0.2) is 140 Å². The van der Waals surface area contributed by atoms with Gasteiger partial charge in [-0.3, -0.25) is 18.2 Å². The van der Waals surface area contributed by atoms with Crippen molar-refractivity contribution < 1.29 is 93.8 Å². The van der Waals surface area contributed by atoms with E-state index in [-0.39, 0.29) is 77.9 Å². The summed E-state index contributed by atoms with van der Waals surface area (Å²) < 4.78 is 119. The fourth-order valence-corrected chi connectivity index (χ4v) is 22.1. The lowest BCUT2D eigenvalue weighted by molar-refractivity contribution is -0.762. The Morgan fingerprint density at radius 2 is 0.769 bits per heavy atom. The van der Waals surface area contributed by atoms with E-state index in [0.29, 0.717) is 92.3 Å². The number of imidazole rings is 2. The van der Waals surface area contributed by atoms with Crippen LogP contribution in [0.4, 0.5) is 0 Å². The molecule has 0 spiro atoms. The highest BCUT2D eigenvalue weighted by Gasteiger charge is 2.54. The molecule has 24 nitrogen and oxygen atoms in total. The van der Waals surface area contributed by atoms with Crippen LogP contribution in [0, 0.1) is 109 Å². The summed E-state index contributed by atoms with van der Waals surface area (Å²) in [7, 11) is -5.39. The van der Waals surface area contributed by atoms with Gasteiger partial charge in [0.05, 0.1) is 49.5 Å². The fraction of sp³-hybridized carbons (Fsp3) is 0.864. The van der Waals surface area contributed by atoms with E-state index in [0.717, 1.165) is 72.2 Å². The van der Waals surface area contributed by atoms with Crippen molar-refractivity contribution in [3.05, 3.63) is 43.3 Å². The third kappa shape index (κ3) is 24.1. The molecule has 4 aromatic rings. The SMILES string of the molecule is CCC(C)C(C)C(C)C(C)(OP(C)(=O)OC1CC([n+]2c[nH]c3c(C)nc[nH+]c32)OC1COC)C(C)C(C)CC.CCC(C)C(C)C(C)C(C)(OP(C)(=O)OC1CC([n+]2c[nH]c3c(C)nc[nH+]c32)OC1COC)C(C)C(C)CC.CCC(C)C(C)C(C)C(C)(OP(C)(=O)OC1C[CH+]OC1COC)C(C)C(C)CC.O. The van der Waals surface area contributed by atoms with Crippen LogP contribution in [0.5, 0.6) is 0 Å². The third-order valence-corrected chi connectivity index (χ3v) is 31.4. The molecule has 0 saturated carbocycles. The largest absolute Gasteiger partial charge is 0.412 e. The van der Waals surface area contributed by atoms with E-state index in [9.17, 15) is 13.7 Å². The number of nitrogens with one attached hydrogen (secondary N) is 4. The minimum atomic E-state index is -3.49. The van der Waals surface area contributed by atoms with Crippen molar-refractivity contribution in [2.45, 2.75) is 304 Å². The Labute approximate surface area is 652 Å². The average molecular weight is 1590 g/mol. The summed E-state index contributed by atoms with van der Waals surface area (Å²) in [4.78, 5) is 21.6. The highest BCUT2D eigenvalue weighted by molar-refractivity contribution is 7.53.